The molecule has 0 radical (unpaired) electrons. The zero-order valence-corrected chi connectivity index (χ0v) is 32.1. The summed E-state index contributed by atoms with van der Waals surface area (Å²) in [5.41, 5.74) is -5.74. The molecule has 4 aliphatic carbocycles. The van der Waals surface area contributed by atoms with E-state index in [-0.39, 0.29) is 36.7 Å². The summed E-state index contributed by atoms with van der Waals surface area (Å²) in [6, 6.07) is 5.16. The Kier molecular flexibility index (Phi) is 13.2. The van der Waals surface area contributed by atoms with Gasteiger partial charge in [0.05, 0.1) is 17.6 Å². The molecule has 5 unspecified atom stereocenters. The van der Waals surface area contributed by atoms with Gasteiger partial charge in [0, 0.05) is 41.8 Å². The second-order valence-electron chi connectivity index (χ2n) is 16.2. The number of nitrogens with zero attached hydrogens (tertiary/aromatic N) is 1. The number of benzene rings is 1. The fourth-order valence-corrected chi connectivity index (χ4v) is 9.91. The molecule has 1 aromatic carbocycles. The fourth-order valence-electron chi connectivity index (χ4n) is 9.91. The Balaban J connectivity index is 0.938. The van der Waals surface area contributed by atoms with Crippen LogP contribution in [-0.2, 0) is 19.1 Å². The number of non-ortho nitro benzene ring substituents is 1. The van der Waals surface area contributed by atoms with Crippen LogP contribution in [0.2, 0.25) is 0 Å². The van der Waals surface area contributed by atoms with Gasteiger partial charge in [-0.25, -0.2) is 14.0 Å². The minimum atomic E-state index is -2.07. The smallest absolute Gasteiger partial charge is 0.441 e. The van der Waals surface area contributed by atoms with Crippen LogP contribution < -0.4 is 10.1 Å². The van der Waals surface area contributed by atoms with E-state index >= 15 is 4.39 Å². The average molecular weight is 771 g/mol. The van der Waals surface area contributed by atoms with Gasteiger partial charge < -0.3 is 29.7 Å². The molecular weight excluding hydrogens is 715 g/mol. The Morgan fingerprint density at radius 2 is 1.62 bits per heavy atom. The molecule has 2 fully saturated rings. The number of hydrogen-bond acceptors (Lipinski definition) is 11. The number of Topliss-reactive ketones (excluding diaryl/α,β-unsaturated/α-hetero) is 1. The molecule has 0 bridgehead atoms. The van der Waals surface area contributed by atoms with Gasteiger partial charge in [-0.3, -0.25) is 19.7 Å². The van der Waals surface area contributed by atoms with Crippen molar-refractivity contribution < 1.29 is 52.9 Å². The number of aliphatic hydroxyl groups is 2. The quantitative estimate of drug-likeness (QED) is 0.0361. The van der Waals surface area contributed by atoms with E-state index < -0.39 is 75.5 Å². The summed E-state index contributed by atoms with van der Waals surface area (Å²) in [6.07, 6.45) is 10.8. The topological polar surface area (TPSA) is 192 Å². The number of amides is 1. The summed E-state index contributed by atoms with van der Waals surface area (Å²) in [5.74, 6) is -2.24. The standard InChI is InChI=1S/C41H55FN2O11/c1-27-23-33-32-18-13-28-24-30(45)19-20-38(28,2)40(32,42)34(46)25-39(33,3)41(27,50)35(47)26-54-36(48)43-21-11-9-7-5-4-6-8-10-12-22-53-37(49)55-31-16-14-29(15-17-31)44(51)52/h13-17,19-20,27,32-34,46,50H,4-12,18,21-26H2,1-3H3,(H,43,48)/t27-,32?,33?,34?,38?,39?,40+,41+/m1/s1. The van der Waals surface area contributed by atoms with Crippen molar-refractivity contribution in [2.75, 3.05) is 19.8 Å². The lowest BCUT2D eigenvalue weighted by molar-refractivity contribution is -0.384. The first-order valence-electron chi connectivity index (χ1n) is 19.6. The summed E-state index contributed by atoms with van der Waals surface area (Å²) in [7, 11) is 0. The molecule has 0 heterocycles. The molecule has 55 heavy (non-hydrogen) atoms. The number of carbonyl (C=O) groups is 4. The lowest BCUT2D eigenvalue weighted by Gasteiger charge is -2.62. The first kappa shape index (κ1) is 42.0. The lowest BCUT2D eigenvalue weighted by Crippen LogP contribution is -2.69. The number of allylic oxidation sites excluding steroid dienone is 4. The van der Waals surface area contributed by atoms with Crippen LogP contribution in [0.15, 0.2) is 48.1 Å². The van der Waals surface area contributed by atoms with Crippen molar-refractivity contribution in [3.8, 4) is 5.75 Å². The van der Waals surface area contributed by atoms with E-state index in [2.05, 4.69) is 5.32 Å². The van der Waals surface area contributed by atoms with E-state index in [4.69, 9.17) is 14.2 Å². The van der Waals surface area contributed by atoms with Crippen molar-refractivity contribution in [3.63, 3.8) is 0 Å². The molecule has 0 saturated heterocycles. The van der Waals surface area contributed by atoms with Crippen LogP contribution >= 0.6 is 0 Å². The number of nitro groups is 1. The number of alkyl carbamates (subject to hydrolysis) is 1. The number of halogens is 1. The molecule has 302 valence electrons. The average Bonchev–Trinajstić information content (AvgIpc) is 3.34. The van der Waals surface area contributed by atoms with Gasteiger partial charge in [-0.15, -0.1) is 0 Å². The Labute approximate surface area is 321 Å². The summed E-state index contributed by atoms with van der Waals surface area (Å²) in [6.45, 7) is 5.19. The summed E-state index contributed by atoms with van der Waals surface area (Å²) in [5, 5.41) is 37.0. The molecule has 0 aliphatic heterocycles. The third-order valence-electron chi connectivity index (χ3n) is 13.0. The molecule has 0 spiro atoms. The van der Waals surface area contributed by atoms with Crippen LogP contribution in [0.3, 0.4) is 0 Å². The summed E-state index contributed by atoms with van der Waals surface area (Å²) in [4.78, 5) is 60.2. The van der Waals surface area contributed by atoms with Crippen molar-refractivity contribution in [2.24, 2.45) is 28.6 Å². The van der Waals surface area contributed by atoms with Crippen molar-refractivity contribution >= 4 is 29.5 Å². The molecule has 4 aliphatic rings. The third-order valence-corrected chi connectivity index (χ3v) is 13.0. The highest BCUT2D eigenvalue weighted by Gasteiger charge is 2.75. The first-order chi connectivity index (χ1) is 26.1. The minimum Gasteiger partial charge on any atom is -0.441 e. The number of nitro benzene ring substituents is 1. The second-order valence-corrected chi connectivity index (χ2v) is 16.2. The van der Waals surface area contributed by atoms with E-state index in [1.54, 1.807) is 26.8 Å². The maximum atomic E-state index is 17.4. The highest BCUT2D eigenvalue weighted by molar-refractivity contribution is 5.94. The minimum absolute atomic E-state index is 0.0986. The zero-order valence-electron chi connectivity index (χ0n) is 32.1. The van der Waals surface area contributed by atoms with Gasteiger partial charge in [0.2, 0.25) is 5.78 Å². The molecule has 1 aromatic rings. The molecule has 0 aromatic heterocycles. The Hall–Kier alpha value is -4.17. The van der Waals surface area contributed by atoms with Crippen molar-refractivity contribution in [1.29, 1.82) is 0 Å². The number of rotatable bonds is 17. The van der Waals surface area contributed by atoms with Crippen LogP contribution in [0.4, 0.5) is 19.7 Å². The maximum Gasteiger partial charge on any atom is 0.513 e. The Morgan fingerprint density at radius 3 is 2.27 bits per heavy atom. The van der Waals surface area contributed by atoms with Gasteiger partial charge in [-0.1, -0.05) is 76.5 Å². The van der Waals surface area contributed by atoms with Gasteiger partial charge in [-0.05, 0) is 69.1 Å². The monoisotopic (exact) mass is 770 g/mol. The number of hydrogen-bond donors (Lipinski definition) is 3. The largest absolute Gasteiger partial charge is 0.513 e. The van der Waals surface area contributed by atoms with Gasteiger partial charge in [0.25, 0.3) is 5.69 Å². The van der Waals surface area contributed by atoms with Crippen LogP contribution in [0, 0.1) is 38.7 Å². The molecule has 5 rings (SSSR count). The van der Waals surface area contributed by atoms with E-state index in [0.29, 0.717) is 31.4 Å². The van der Waals surface area contributed by atoms with Crippen LogP contribution in [0.5, 0.6) is 5.75 Å². The van der Waals surface area contributed by atoms with E-state index in [1.807, 2.05) is 6.08 Å². The van der Waals surface area contributed by atoms with Gasteiger partial charge in [-0.2, -0.15) is 0 Å². The molecule has 2 saturated carbocycles. The normalized spacial score (nSPS) is 32.0. The van der Waals surface area contributed by atoms with Crippen LogP contribution in [-0.4, -0.2) is 76.1 Å². The number of fused-ring (bicyclic) bond motifs is 5. The molecule has 14 heteroatoms. The zero-order chi connectivity index (χ0) is 40.0. The van der Waals surface area contributed by atoms with E-state index in [9.17, 15) is 39.5 Å². The van der Waals surface area contributed by atoms with Crippen LogP contribution in [0.1, 0.15) is 104 Å². The van der Waals surface area contributed by atoms with Crippen molar-refractivity contribution in [1.82, 2.24) is 5.32 Å². The Bertz CT molecular complexity index is 1670. The fraction of sp³-hybridized carbons (Fsp3) is 0.659. The van der Waals surface area contributed by atoms with Gasteiger partial charge in [0.1, 0.15) is 11.4 Å². The molecule has 13 nitrogen and oxygen atoms in total. The predicted molar refractivity (Wildman–Crippen MR) is 199 cm³/mol. The number of alkyl halides is 1. The number of ether oxygens (including phenoxy) is 3. The van der Waals surface area contributed by atoms with Gasteiger partial charge >= 0.3 is 12.2 Å². The number of nitrogens with one attached hydrogen (secondary N) is 1. The summed E-state index contributed by atoms with van der Waals surface area (Å²) < 4.78 is 32.7. The second kappa shape index (κ2) is 17.3. The van der Waals surface area contributed by atoms with Gasteiger partial charge in [0.15, 0.2) is 18.1 Å². The first-order valence-corrected chi connectivity index (χ1v) is 19.6. The SMILES string of the molecule is C[C@@H]1CC2C3CC=C4CC(=O)C=CC4(C)[C@@]3(F)C(O)CC2(C)[C@@]1(O)C(=O)COC(=O)NCCCCCCCCCCCOC(=O)Oc1ccc([N+](=O)[O-])cc1. The number of carbonyl (C=O) groups excluding carboxylic acids is 4. The van der Waals surface area contributed by atoms with Crippen molar-refractivity contribution in [2.45, 2.75) is 122 Å². The van der Waals surface area contributed by atoms with Crippen molar-refractivity contribution in [3.05, 3.63) is 58.2 Å². The predicted octanol–water partition coefficient (Wildman–Crippen LogP) is 7.26. The highest BCUT2D eigenvalue weighted by atomic mass is 19.1. The Morgan fingerprint density at radius 1 is 0.982 bits per heavy atom. The molecule has 1 amide bonds. The lowest BCUT2D eigenvalue weighted by atomic mass is 9.45. The third kappa shape index (κ3) is 8.35. The summed E-state index contributed by atoms with van der Waals surface area (Å²) >= 11 is 0. The van der Waals surface area contributed by atoms with E-state index in [0.717, 1.165) is 51.4 Å². The molecule has 8 atom stereocenters. The number of unbranched alkanes of at least 4 members (excludes halogenated alkanes) is 8. The molecular formula is C41H55FN2O11. The number of aliphatic hydroxyl groups excluding tert-OH is 1. The molecule has 3 N–H and O–H groups in total. The van der Waals surface area contributed by atoms with E-state index in [1.165, 1.54) is 30.3 Å². The highest BCUT2D eigenvalue weighted by Crippen LogP contribution is 2.70. The number of ketones is 2. The van der Waals surface area contributed by atoms with Crippen LogP contribution in [0.25, 0.3) is 0 Å². The maximum absolute atomic E-state index is 17.4.